The standard InChI is InChI=1S/C18H25N3O2S/c1-14(18-19-4-9-24-18)21-7-5-20(6-8-21)13-15-10-16(22-2)12-17(11-15)23-3/h4,9-12,14H,5-8,13H2,1-3H3/t14-/m1/s1. The molecule has 0 N–H and O–H groups in total. The lowest BCUT2D eigenvalue weighted by Crippen LogP contribution is -2.46. The Morgan fingerprint density at radius 3 is 2.29 bits per heavy atom. The van der Waals surface area contributed by atoms with E-state index in [9.17, 15) is 0 Å². The average molecular weight is 347 g/mol. The van der Waals surface area contributed by atoms with Crippen LogP contribution in [0.1, 0.15) is 23.5 Å². The van der Waals surface area contributed by atoms with Crippen LogP contribution in [0.2, 0.25) is 0 Å². The molecule has 0 amide bonds. The van der Waals surface area contributed by atoms with Gasteiger partial charge in [0.05, 0.1) is 20.3 Å². The first-order valence-electron chi connectivity index (χ1n) is 8.27. The van der Waals surface area contributed by atoms with Gasteiger partial charge >= 0.3 is 0 Å². The number of benzene rings is 1. The Morgan fingerprint density at radius 1 is 1.08 bits per heavy atom. The second-order valence-corrected chi connectivity index (χ2v) is 7.01. The summed E-state index contributed by atoms with van der Waals surface area (Å²) in [6.07, 6.45) is 1.89. The molecule has 0 unspecified atom stereocenters. The summed E-state index contributed by atoms with van der Waals surface area (Å²) in [5, 5.41) is 3.26. The topological polar surface area (TPSA) is 37.8 Å². The number of hydrogen-bond donors (Lipinski definition) is 0. The van der Waals surface area contributed by atoms with Gasteiger partial charge in [-0.05, 0) is 24.6 Å². The Morgan fingerprint density at radius 2 is 1.75 bits per heavy atom. The molecule has 1 aromatic heterocycles. The quantitative estimate of drug-likeness (QED) is 0.803. The maximum atomic E-state index is 5.36. The van der Waals surface area contributed by atoms with Crippen molar-refractivity contribution in [2.75, 3.05) is 40.4 Å². The van der Waals surface area contributed by atoms with E-state index in [1.165, 1.54) is 10.6 Å². The van der Waals surface area contributed by atoms with Gasteiger partial charge in [0.1, 0.15) is 16.5 Å². The second kappa shape index (κ2) is 7.96. The molecule has 1 aromatic carbocycles. The summed E-state index contributed by atoms with van der Waals surface area (Å²) in [5.41, 5.74) is 1.23. The van der Waals surface area contributed by atoms with E-state index >= 15 is 0 Å². The van der Waals surface area contributed by atoms with E-state index < -0.39 is 0 Å². The summed E-state index contributed by atoms with van der Waals surface area (Å²) in [7, 11) is 3.38. The molecule has 3 rings (SSSR count). The van der Waals surface area contributed by atoms with Gasteiger partial charge < -0.3 is 9.47 Å². The van der Waals surface area contributed by atoms with Crippen LogP contribution in [0, 0.1) is 0 Å². The zero-order valence-electron chi connectivity index (χ0n) is 14.6. The van der Waals surface area contributed by atoms with Crippen molar-refractivity contribution < 1.29 is 9.47 Å². The molecule has 1 aliphatic heterocycles. The zero-order chi connectivity index (χ0) is 16.9. The summed E-state index contributed by atoms with van der Waals surface area (Å²) in [4.78, 5) is 9.45. The molecular formula is C18H25N3O2S. The molecule has 0 bridgehead atoms. The zero-order valence-corrected chi connectivity index (χ0v) is 15.4. The lowest BCUT2D eigenvalue weighted by atomic mass is 10.1. The predicted octanol–water partition coefficient (Wildman–Crippen LogP) is 3.04. The monoisotopic (exact) mass is 347 g/mol. The SMILES string of the molecule is COc1cc(CN2CCN([C@H](C)c3nccs3)CC2)cc(OC)c1. The molecule has 0 saturated carbocycles. The van der Waals surface area contributed by atoms with E-state index in [2.05, 4.69) is 39.2 Å². The Balaban J connectivity index is 1.57. The number of nitrogens with zero attached hydrogens (tertiary/aromatic N) is 3. The lowest BCUT2D eigenvalue weighted by Gasteiger charge is -2.37. The molecule has 1 aliphatic rings. The van der Waals surface area contributed by atoms with Crippen LogP contribution in [0.3, 0.4) is 0 Å². The van der Waals surface area contributed by atoms with E-state index in [1.807, 2.05) is 12.3 Å². The van der Waals surface area contributed by atoms with Gasteiger partial charge in [0.15, 0.2) is 0 Å². The third-order valence-corrected chi connectivity index (χ3v) is 5.53. The average Bonchev–Trinajstić information content (AvgIpc) is 3.16. The summed E-state index contributed by atoms with van der Waals surface area (Å²) in [6.45, 7) is 7.45. The Bertz CT molecular complexity index is 617. The summed E-state index contributed by atoms with van der Waals surface area (Å²) in [5.74, 6) is 1.70. The van der Waals surface area contributed by atoms with E-state index in [4.69, 9.17) is 9.47 Å². The van der Waals surface area contributed by atoms with Crippen LogP contribution in [0.15, 0.2) is 29.8 Å². The van der Waals surface area contributed by atoms with Crippen LogP contribution >= 0.6 is 11.3 Å². The fourth-order valence-corrected chi connectivity index (χ4v) is 3.85. The van der Waals surface area contributed by atoms with E-state index in [0.29, 0.717) is 6.04 Å². The maximum absolute atomic E-state index is 5.36. The fourth-order valence-electron chi connectivity index (χ4n) is 3.12. The molecule has 6 heteroatoms. The first-order valence-corrected chi connectivity index (χ1v) is 9.15. The first-order chi connectivity index (χ1) is 11.7. The van der Waals surface area contributed by atoms with Gasteiger partial charge in [-0.3, -0.25) is 9.80 Å². The molecule has 2 heterocycles. The van der Waals surface area contributed by atoms with Crippen molar-refractivity contribution in [2.45, 2.75) is 19.5 Å². The van der Waals surface area contributed by atoms with E-state index in [1.54, 1.807) is 25.6 Å². The van der Waals surface area contributed by atoms with Crippen molar-refractivity contribution in [1.82, 2.24) is 14.8 Å². The summed E-state index contributed by atoms with van der Waals surface area (Å²) < 4.78 is 10.7. The van der Waals surface area contributed by atoms with Gasteiger partial charge in [-0.25, -0.2) is 4.98 Å². The van der Waals surface area contributed by atoms with Gasteiger partial charge in [0, 0.05) is 50.4 Å². The van der Waals surface area contributed by atoms with Crippen LogP contribution < -0.4 is 9.47 Å². The van der Waals surface area contributed by atoms with Crippen LogP contribution in [-0.4, -0.2) is 55.2 Å². The molecule has 1 atom stereocenters. The van der Waals surface area contributed by atoms with Crippen molar-refractivity contribution in [1.29, 1.82) is 0 Å². The minimum atomic E-state index is 0.407. The van der Waals surface area contributed by atoms with Gasteiger partial charge in [0.25, 0.3) is 0 Å². The molecule has 1 saturated heterocycles. The minimum Gasteiger partial charge on any atom is -0.497 e. The molecule has 5 nitrogen and oxygen atoms in total. The largest absolute Gasteiger partial charge is 0.497 e. The molecule has 1 fully saturated rings. The molecule has 24 heavy (non-hydrogen) atoms. The summed E-state index contributed by atoms with van der Waals surface area (Å²) >= 11 is 1.74. The highest BCUT2D eigenvalue weighted by molar-refractivity contribution is 7.09. The van der Waals surface area contributed by atoms with Crippen molar-refractivity contribution in [3.63, 3.8) is 0 Å². The molecule has 0 spiro atoms. The number of piperazine rings is 1. The van der Waals surface area contributed by atoms with Gasteiger partial charge in [-0.15, -0.1) is 11.3 Å². The highest BCUT2D eigenvalue weighted by Gasteiger charge is 2.23. The van der Waals surface area contributed by atoms with Crippen LogP contribution in [0.4, 0.5) is 0 Å². The number of hydrogen-bond acceptors (Lipinski definition) is 6. The number of aromatic nitrogens is 1. The van der Waals surface area contributed by atoms with Crippen molar-refractivity contribution in [2.24, 2.45) is 0 Å². The van der Waals surface area contributed by atoms with Gasteiger partial charge in [0.2, 0.25) is 0 Å². The van der Waals surface area contributed by atoms with Gasteiger partial charge in [-0.2, -0.15) is 0 Å². The van der Waals surface area contributed by atoms with Crippen molar-refractivity contribution in [3.05, 3.63) is 40.3 Å². The first kappa shape index (κ1) is 17.2. The summed E-state index contributed by atoms with van der Waals surface area (Å²) in [6, 6.07) is 6.50. The number of rotatable bonds is 6. The maximum Gasteiger partial charge on any atom is 0.122 e. The molecule has 0 radical (unpaired) electrons. The second-order valence-electron chi connectivity index (χ2n) is 6.08. The van der Waals surface area contributed by atoms with Crippen LogP contribution in [0.5, 0.6) is 11.5 Å². The third-order valence-electron chi connectivity index (χ3n) is 4.58. The minimum absolute atomic E-state index is 0.407. The number of thiazole rings is 1. The van der Waals surface area contributed by atoms with Crippen LogP contribution in [-0.2, 0) is 6.54 Å². The lowest BCUT2D eigenvalue weighted by molar-refractivity contribution is 0.0977. The highest BCUT2D eigenvalue weighted by atomic mass is 32.1. The Labute approximate surface area is 147 Å². The fraction of sp³-hybridized carbons (Fsp3) is 0.500. The van der Waals surface area contributed by atoms with Crippen LogP contribution in [0.25, 0.3) is 0 Å². The predicted molar refractivity (Wildman–Crippen MR) is 96.9 cm³/mol. The Hall–Kier alpha value is -1.63. The smallest absolute Gasteiger partial charge is 0.122 e. The van der Waals surface area contributed by atoms with E-state index in [-0.39, 0.29) is 0 Å². The highest BCUT2D eigenvalue weighted by Crippen LogP contribution is 2.26. The van der Waals surface area contributed by atoms with Crippen molar-refractivity contribution in [3.8, 4) is 11.5 Å². The molecule has 130 valence electrons. The van der Waals surface area contributed by atoms with Crippen molar-refractivity contribution >= 4 is 11.3 Å². The van der Waals surface area contributed by atoms with Gasteiger partial charge in [-0.1, -0.05) is 0 Å². The molecular weight excluding hydrogens is 322 g/mol. The number of methoxy groups -OCH3 is 2. The normalized spacial score (nSPS) is 17.6. The third kappa shape index (κ3) is 4.06. The number of ether oxygens (including phenoxy) is 2. The Kier molecular flexibility index (Phi) is 5.71. The molecule has 2 aromatic rings. The molecule has 0 aliphatic carbocycles. The van der Waals surface area contributed by atoms with E-state index in [0.717, 1.165) is 44.2 Å².